The number of nitrogen functional groups attached to an aromatic ring is 1. The number of aromatic nitrogens is 7. The molecular formula is C42H42N11O19P3-2. The van der Waals surface area contributed by atoms with Crippen LogP contribution in [0.3, 0.4) is 0 Å². The quantitative estimate of drug-likeness (QED) is 0.0367. The van der Waals surface area contributed by atoms with E-state index < -0.39 is 109 Å². The molecule has 7 rings (SSSR count). The smallest absolute Gasteiger partial charge is 0.434 e. The summed E-state index contributed by atoms with van der Waals surface area (Å²) in [5.74, 6) is -8.54. The maximum Gasteiger partial charge on any atom is 0.434 e. The van der Waals surface area contributed by atoms with Gasteiger partial charge in [-0.25, -0.2) is 38.8 Å². The number of nitrogens with zero attached hydrogens (tertiary/aromatic N) is 9. The minimum atomic E-state index is -5.78. The molecule has 0 bridgehead atoms. The highest BCUT2D eigenvalue weighted by Gasteiger charge is 2.39. The fraction of sp³-hybridized carbons (Fsp3) is 0.238. The van der Waals surface area contributed by atoms with Crippen LogP contribution >= 0.6 is 22.9 Å². The van der Waals surface area contributed by atoms with Gasteiger partial charge in [-0.1, -0.05) is 24.3 Å². The first-order valence-corrected chi connectivity index (χ1v) is 26.5. The number of fused-ring (bicyclic) bond motifs is 1. The Hall–Kier alpha value is -7.59. The predicted octanol–water partition coefficient (Wildman–Crippen LogP) is 1.51. The van der Waals surface area contributed by atoms with Crippen molar-refractivity contribution in [2.45, 2.75) is 25.4 Å². The number of hydrogen-bond donors (Lipinski definition) is 9. The predicted molar refractivity (Wildman–Crippen MR) is 253 cm³/mol. The number of anilines is 2. The Labute approximate surface area is 421 Å². The number of aliphatic hydroxyl groups is 2. The maximum atomic E-state index is 13.1. The third kappa shape index (κ3) is 14.8. The first kappa shape index (κ1) is 55.2. The van der Waals surface area contributed by atoms with Crippen LogP contribution in [-0.4, -0.2) is 148 Å². The summed E-state index contributed by atoms with van der Waals surface area (Å²) in [5, 5.41) is 60.5. The molecule has 0 saturated carbocycles. The van der Waals surface area contributed by atoms with Crippen LogP contribution in [-0.2, 0) is 59.5 Å². The Bertz CT molecular complexity index is 3210. The number of rotatable bonds is 25. The van der Waals surface area contributed by atoms with Gasteiger partial charge in [-0.3, -0.25) is 38.6 Å². The van der Waals surface area contributed by atoms with Crippen LogP contribution in [0, 0.1) is 0 Å². The van der Waals surface area contributed by atoms with Gasteiger partial charge in [0.1, 0.15) is 32.4 Å². The second-order valence-corrected chi connectivity index (χ2v) is 22.0. The third-order valence-corrected chi connectivity index (χ3v) is 16.1. The van der Waals surface area contributed by atoms with Crippen molar-refractivity contribution in [2.24, 2.45) is 0 Å². The van der Waals surface area contributed by atoms with E-state index in [0.717, 1.165) is 27.0 Å². The zero-order valence-corrected chi connectivity index (χ0v) is 41.1. The van der Waals surface area contributed by atoms with Crippen LogP contribution < -0.4 is 20.6 Å². The second-order valence-electron chi connectivity index (χ2n) is 16.3. The van der Waals surface area contributed by atoms with E-state index >= 15 is 0 Å². The van der Waals surface area contributed by atoms with Gasteiger partial charge in [0.2, 0.25) is 6.23 Å². The molecule has 0 amide bonds. The number of nitrogens with one attached hydrogen (secondary N) is 1. The SMILES string of the molecule is Nc1ncnc2c1ncn2[C@@H]1OC(COP(=O)([O-])CP(=O)([O-])OP(=O)(O)Nc2ccc(-c3cc(-c4cccc(CN(CC(=O)O)CC(=O)O)n4)nc(-c4cccc(CN(CC(=O)O)CC(=O)O)n4)c3)cc2)=C(O)C1O. The molecule has 1 aliphatic rings. The number of carbonyl (C=O) groups is 4. The van der Waals surface area contributed by atoms with Crippen LogP contribution in [0.25, 0.3) is 45.1 Å². The van der Waals surface area contributed by atoms with E-state index in [0.29, 0.717) is 11.1 Å². The minimum absolute atomic E-state index is 0.0119. The summed E-state index contributed by atoms with van der Waals surface area (Å²) >= 11 is 0. The normalized spacial score (nSPS) is 17.0. The highest BCUT2D eigenvalue weighted by Crippen LogP contribution is 2.62. The summed E-state index contributed by atoms with van der Waals surface area (Å²) in [6.45, 7) is -3.93. The zero-order valence-electron chi connectivity index (χ0n) is 38.4. The first-order valence-electron chi connectivity index (χ1n) is 21.5. The van der Waals surface area contributed by atoms with Gasteiger partial charge in [-0.2, -0.15) is 0 Å². The molecule has 4 unspecified atom stereocenters. The minimum Gasteiger partial charge on any atom is -0.778 e. The Kier molecular flexibility index (Phi) is 16.8. The van der Waals surface area contributed by atoms with Crippen molar-refractivity contribution in [1.29, 1.82) is 0 Å². The molecule has 1 aliphatic heterocycles. The van der Waals surface area contributed by atoms with Gasteiger partial charge in [0, 0.05) is 18.8 Å². The number of aliphatic carboxylic acids is 4. The zero-order chi connectivity index (χ0) is 54.4. The molecule has 0 fully saturated rings. The van der Waals surface area contributed by atoms with Crippen LogP contribution in [0.15, 0.2) is 97.0 Å². The first-order chi connectivity index (χ1) is 35.3. The number of aliphatic hydroxyl groups excluding tert-OH is 2. The highest BCUT2D eigenvalue weighted by atomic mass is 31.3. The van der Waals surface area contributed by atoms with Crippen molar-refractivity contribution in [3.8, 4) is 33.9 Å². The molecule has 30 nitrogen and oxygen atoms in total. The van der Waals surface area contributed by atoms with E-state index in [4.69, 9.17) is 20.0 Å². The molecular weight excluding hydrogens is 1060 g/mol. The number of imidazole rings is 1. The van der Waals surface area contributed by atoms with Crippen molar-refractivity contribution >= 4 is 69.5 Å². The monoisotopic (exact) mass is 1100 g/mol. The average molecular weight is 1100 g/mol. The molecule has 5 aromatic heterocycles. The van der Waals surface area contributed by atoms with E-state index in [-0.39, 0.29) is 69.9 Å². The van der Waals surface area contributed by atoms with Crippen molar-refractivity contribution in [2.75, 3.05) is 49.5 Å². The molecule has 1 aromatic carbocycles. The van der Waals surface area contributed by atoms with Gasteiger partial charge in [-0.05, 0) is 59.7 Å². The van der Waals surface area contributed by atoms with Gasteiger partial charge >= 0.3 is 31.6 Å². The van der Waals surface area contributed by atoms with Crippen LogP contribution in [0.1, 0.15) is 17.6 Å². The van der Waals surface area contributed by atoms with Crippen molar-refractivity contribution < 1.29 is 91.8 Å². The van der Waals surface area contributed by atoms with Gasteiger partial charge in [0.15, 0.2) is 36.7 Å². The number of carboxylic acid groups (broad SMARTS) is 4. The highest BCUT2D eigenvalue weighted by molar-refractivity contribution is 7.74. The van der Waals surface area contributed by atoms with E-state index in [2.05, 4.69) is 29.2 Å². The molecule has 0 spiro atoms. The second kappa shape index (κ2) is 22.9. The lowest BCUT2D eigenvalue weighted by atomic mass is 10.0. The van der Waals surface area contributed by atoms with Crippen molar-refractivity contribution in [1.82, 2.24) is 44.3 Å². The Balaban J connectivity index is 1.08. The van der Waals surface area contributed by atoms with Gasteiger partial charge in [0.25, 0.3) is 0 Å². The molecule has 5 atom stereocenters. The van der Waals surface area contributed by atoms with Gasteiger partial charge in [-0.15, -0.1) is 0 Å². The summed E-state index contributed by atoms with van der Waals surface area (Å²) in [6.07, 6.45) is -0.989. The molecule has 75 heavy (non-hydrogen) atoms. The largest absolute Gasteiger partial charge is 0.778 e. The van der Waals surface area contributed by atoms with E-state index in [1.54, 1.807) is 48.5 Å². The Morgan fingerprint density at radius 3 is 1.79 bits per heavy atom. The van der Waals surface area contributed by atoms with Crippen molar-refractivity contribution in [3.63, 3.8) is 0 Å². The lowest BCUT2D eigenvalue weighted by Crippen LogP contribution is -2.34. The average Bonchev–Trinajstić information content (AvgIpc) is 3.86. The summed E-state index contributed by atoms with van der Waals surface area (Å²) in [6, 6.07) is 17.9. The standard InChI is InChI=1S/C42H44N11O19P3/c43-40-37-41(45-20-44-40)53(21-46-37)42-39(63)38(62)32(71-42)19-70-73(64,65)22-74(66,67)72-75(68,69)50-25-9-7-23(8-10-25)24-11-30(28-5-1-3-26(47-28)13-51(15-33(54)55)16-34(56)57)49-31(12-24)29-6-2-4-27(48-29)14-52(17-35(58)59)18-36(60)61/h1-12,20-21,39,42,62-63H,13-19,22H2,(H,54,55)(H,56,57)(H,58,59)(H,60,61)(H,64,65)(H,66,67)(H2,43,44,45)(H2,50,68,69)/p-2/t39?,42-/m1/s1. The molecule has 6 aromatic rings. The van der Waals surface area contributed by atoms with Gasteiger partial charge in [0.05, 0.1) is 66.2 Å². The molecule has 0 saturated heterocycles. The van der Waals surface area contributed by atoms with Crippen LogP contribution in [0.4, 0.5) is 11.5 Å². The Morgan fingerprint density at radius 2 is 1.27 bits per heavy atom. The lowest BCUT2D eigenvalue weighted by Gasteiger charge is -2.32. The fourth-order valence-electron chi connectivity index (χ4n) is 7.41. The Morgan fingerprint density at radius 1 is 0.733 bits per heavy atom. The number of nitrogens with two attached hydrogens (primary N) is 1. The molecule has 10 N–H and O–H groups in total. The molecule has 33 heteroatoms. The summed E-state index contributed by atoms with van der Waals surface area (Å²) in [4.78, 5) is 110. The van der Waals surface area contributed by atoms with Gasteiger partial charge < -0.3 is 69.4 Å². The number of benzene rings is 1. The van der Waals surface area contributed by atoms with E-state index in [1.165, 1.54) is 24.3 Å². The number of pyridine rings is 3. The van der Waals surface area contributed by atoms with Crippen molar-refractivity contribution in [3.05, 3.63) is 108 Å². The van der Waals surface area contributed by atoms with E-state index in [9.17, 15) is 78.2 Å². The third-order valence-electron chi connectivity index (χ3n) is 10.4. The molecule has 0 radical (unpaired) electrons. The molecule has 396 valence electrons. The summed E-state index contributed by atoms with van der Waals surface area (Å²) in [5.41, 5.74) is 8.01. The maximum absolute atomic E-state index is 13.1. The van der Waals surface area contributed by atoms with Crippen LogP contribution in [0.2, 0.25) is 0 Å². The van der Waals surface area contributed by atoms with Crippen LogP contribution in [0.5, 0.6) is 0 Å². The molecule has 6 heterocycles. The lowest BCUT2D eigenvalue weighted by molar-refractivity contribution is -0.204. The summed E-state index contributed by atoms with van der Waals surface area (Å²) < 4.78 is 54.6. The number of ether oxygens (including phenoxy) is 1. The molecule has 0 aliphatic carbocycles. The summed E-state index contributed by atoms with van der Waals surface area (Å²) in [7, 11) is -16.7. The topological polar surface area (TPSA) is 462 Å². The fourth-order valence-corrected chi connectivity index (χ4v) is 12.4. The number of hydrogen-bond acceptors (Lipinski definition) is 23. The van der Waals surface area contributed by atoms with E-state index in [1.807, 2.05) is 5.09 Å². The number of carboxylic acids is 4.